The summed E-state index contributed by atoms with van der Waals surface area (Å²) in [7, 11) is 1.34. The minimum absolute atomic E-state index is 0.00227. The predicted molar refractivity (Wildman–Crippen MR) is 150 cm³/mol. The van der Waals surface area contributed by atoms with Gasteiger partial charge in [-0.25, -0.2) is 9.59 Å². The third-order valence-electron chi connectivity index (χ3n) is 6.24. The number of nitrogens with two attached hydrogens (primary N) is 1. The van der Waals surface area contributed by atoms with Crippen LogP contribution in [-0.4, -0.2) is 43.3 Å². The molecule has 9 nitrogen and oxygen atoms in total. The summed E-state index contributed by atoms with van der Waals surface area (Å²) in [5, 5.41) is 2.87. The van der Waals surface area contributed by atoms with E-state index in [0.29, 0.717) is 29.0 Å². The molecular weight excluding hydrogens is 498 g/mol. The predicted octanol–water partition coefficient (Wildman–Crippen LogP) is 5.35. The zero-order valence-electron chi connectivity index (χ0n) is 24.0. The van der Waals surface area contributed by atoms with Crippen LogP contribution in [0, 0.1) is 12.8 Å². The fraction of sp³-hybridized carbons (Fsp3) is 0.433. The van der Waals surface area contributed by atoms with Crippen molar-refractivity contribution < 1.29 is 28.3 Å². The van der Waals surface area contributed by atoms with Gasteiger partial charge in [-0.05, 0) is 64.2 Å². The highest BCUT2D eigenvalue weighted by Gasteiger charge is 2.39. The number of hydrogen-bond donors (Lipinski definition) is 2. The van der Waals surface area contributed by atoms with Gasteiger partial charge in [-0.3, -0.25) is 4.79 Å². The van der Waals surface area contributed by atoms with E-state index in [4.69, 9.17) is 19.6 Å². The number of nitrogens with zero attached hydrogens (tertiary/aromatic N) is 1. The average molecular weight is 538 g/mol. The van der Waals surface area contributed by atoms with Gasteiger partial charge in [0.1, 0.15) is 5.60 Å². The number of esters is 1. The van der Waals surface area contributed by atoms with Crippen molar-refractivity contribution in [3.63, 3.8) is 0 Å². The molecule has 0 saturated carbocycles. The first-order chi connectivity index (χ1) is 18.2. The first-order valence-electron chi connectivity index (χ1n) is 13.0. The summed E-state index contributed by atoms with van der Waals surface area (Å²) in [6.45, 7) is 13.5. The van der Waals surface area contributed by atoms with Crippen LogP contribution in [0.25, 0.3) is 5.57 Å². The number of methoxy groups -OCH3 is 1. The number of furan rings is 1. The van der Waals surface area contributed by atoms with E-state index < -0.39 is 29.6 Å². The lowest BCUT2D eigenvalue weighted by Crippen LogP contribution is -2.43. The molecule has 1 atom stereocenters. The van der Waals surface area contributed by atoms with Crippen LogP contribution in [-0.2, 0) is 14.3 Å². The topological polar surface area (TPSA) is 124 Å². The number of carbonyl (C=O) groups is 3. The average Bonchev–Trinajstić information content (AvgIpc) is 3.32. The summed E-state index contributed by atoms with van der Waals surface area (Å²) in [5.41, 5.74) is 9.29. The number of nitrogens with one attached hydrogen (secondary N) is 1. The molecule has 1 aromatic carbocycles. The molecule has 39 heavy (non-hydrogen) atoms. The van der Waals surface area contributed by atoms with Gasteiger partial charge in [-0.15, -0.1) is 0 Å². The molecular formula is C30H39N3O6. The highest BCUT2D eigenvalue weighted by atomic mass is 16.6. The Hall–Kier alpha value is -4.01. The van der Waals surface area contributed by atoms with E-state index in [1.165, 1.54) is 13.2 Å². The maximum Gasteiger partial charge on any atom is 0.407 e. The molecule has 0 fully saturated rings. The number of rotatable bonds is 8. The Bertz CT molecular complexity index is 1290. The number of primary amides is 1. The van der Waals surface area contributed by atoms with Crippen molar-refractivity contribution in [2.75, 3.05) is 18.6 Å². The Kier molecular flexibility index (Phi) is 8.94. The van der Waals surface area contributed by atoms with Gasteiger partial charge < -0.3 is 29.8 Å². The van der Waals surface area contributed by atoms with Crippen molar-refractivity contribution in [2.45, 2.75) is 66.5 Å². The van der Waals surface area contributed by atoms with Crippen LogP contribution in [0.3, 0.4) is 0 Å². The van der Waals surface area contributed by atoms with Gasteiger partial charge >= 0.3 is 12.1 Å². The minimum Gasteiger partial charge on any atom is -0.466 e. The van der Waals surface area contributed by atoms with Crippen LogP contribution in [0.15, 0.2) is 57.7 Å². The zero-order chi connectivity index (χ0) is 29.1. The van der Waals surface area contributed by atoms with Gasteiger partial charge in [0, 0.05) is 23.9 Å². The molecule has 2 aromatic rings. The number of amides is 2. The third-order valence-corrected chi connectivity index (χ3v) is 6.24. The molecule has 1 aromatic heterocycles. The van der Waals surface area contributed by atoms with Crippen LogP contribution in [0.2, 0.25) is 0 Å². The first kappa shape index (κ1) is 29.5. The Morgan fingerprint density at radius 2 is 1.74 bits per heavy atom. The van der Waals surface area contributed by atoms with Crippen LogP contribution in [0.4, 0.5) is 10.7 Å². The summed E-state index contributed by atoms with van der Waals surface area (Å²) in [6.07, 6.45) is 0.00693. The molecule has 0 radical (unpaired) electrons. The maximum atomic E-state index is 13.4. The largest absolute Gasteiger partial charge is 0.466 e. The molecule has 1 aliphatic rings. The Balaban J connectivity index is 2.31. The smallest absolute Gasteiger partial charge is 0.407 e. The summed E-state index contributed by atoms with van der Waals surface area (Å²) in [6, 6.07) is 10.5. The number of alkyl carbamates (subject to hydrolysis) is 1. The normalized spacial score (nSPS) is 16.0. The van der Waals surface area contributed by atoms with E-state index in [9.17, 15) is 14.4 Å². The van der Waals surface area contributed by atoms with E-state index in [1.54, 1.807) is 26.8 Å². The van der Waals surface area contributed by atoms with Crippen molar-refractivity contribution in [1.29, 1.82) is 0 Å². The van der Waals surface area contributed by atoms with Crippen molar-refractivity contribution in [1.82, 2.24) is 5.32 Å². The highest BCUT2D eigenvalue weighted by molar-refractivity contribution is 6.05. The quantitative estimate of drug-likeness (QED) is 0.435. The molecule has 0 saturated heterocycles. The van der Waals surface area contributed by atoms with Crippen molar-refractivity contribution in [2.24, 2.45) is 11.7 Å². The molecule has 3 rings (SSSR count). The maximum absolute atomic E-state index is 13.4. The number of anilines is 1. The molecule has 0 aliphatic carbocycles. The molecule has 1 aliphatic heterocycles. The third kappa shape index (κ3) is 6.90. The molecule has 2 heterocycles. The summed E-state index contributed by atoms with van der Waals surface area (Å²) >= 11 is 0. The lowest BCUT2D eigenvalue weighted by molar-refractivity contribution is -0.136. The van der Waals surface area contributed by atoms with Crippen LogP contribution in [0.1, 0.15) is 69.6 Å². The highest BCUT2D eigenvalue weighted by Crippen LogP contribution is 2.43. The van der Waals surface area contributed by atoms with E-state index >= 15 is 0 Å². The van der Waals surface area contributed by atoms with Gasteiger partial charge in [0.15, 0.2) is 5.76 Å². The van der Waals surface area contributed by atoms with E-state index in [0.717, 1.165) is 16.8 Å². The lowest BCUT2D eigenvalue weighted by Gasteiger charge is -2.40. The minimum atomic E-state index is -0.698. The fourth-order valence-electron chi connectivity index (χ4n) is 4.64. The van der Waals surface area contributed by atoms with Crippen molar-refractivity contribution >= 4 is 29.4 Å². The molecule has 0 bridgehead atoms. The van der Waals surface area contributed by atoms with Crippen LogP contribution in [0.5, 0.6) is 0 Å². The standard InChI is InChI=1S/C30H39N3O6/c1-17(2)15-22-21(16-32-29(36)39-30(5,6)7)26(20-11-9-18(3)10-12-20)25(28(35)37-8)19(4)33(22)24-14-13-23(38-24)27(31)34/h9-14,17,19H,15-16H2,1-8H3,(H2,31,34)(H,32,36). The molecule has 0 spiro atoms. The lowest BCUT2D eigenvalue weighted by atomic mass is 9.82. The second kappa shape index (κ2) is 11.8. The fourth-order valence-corrected chi connectivity index (χ4v) is 4.64. The van der Waals surface area contributed by atoms with E-state index in [2.05, 4.69) is 19.2 Å². The molecule has 210 valence electrons. The van der Waals surface area contributed by atoms with Gasteiger partial charge in [-0.2, -0.15) is 0 Å². The second-order valence-electron chi connectivity index (χ2n) is 11.1. The van der Waals surface area contributed by atoms with Gasteiger partial charge in [0.2, 0.25) is 5.88 Å². The number of hydrogen-bond acceptors (Lipinski definition) is 7. The molecule has 1 unspecified atom stereocenters. The number of aryl methyl sites for hydroxylation is 1. The first-order valence-corrected chi connectivity index (χ1v) is 13.0. The van der Waals surface area contributed by atoms with Crippen LogP contribution < -0.4 is 16.0 Å². The number of carbonyl (C=O) groups excluding carboxylic acids is 3. The van der Waals surface area contributed by atoms with Gasteiger partial charge in [0.25, 0.3) is 5.91 Å². The monoisotopic (exact) mass is 537 g/mol. The van der Waals surface area contributed by atoms with E-state index in [-0.39, 0.29) is 18.2 Å². The Labute approximate surface area is 230 Å². The number of benzene rings is 1. The molecule has 2 amide bonds. The number of allylic oxidation sites excluding steroid dienone is 1. The summed E-state index contributed by atoms with van der Waals surface area (Å²) < 4.78 is 16.6. The summed E-state index contributed by atoms with van der Waals surface area (Å²) in [4.78, 5) is 39.8. The summed E-state index contributed by atoms with van der Waals surface area (Å²) in [5.74, 6) is -0.649. The number of ether oxygens (including phenoxy) is 2. The Morgan fingerprint density at radius 3 is 2.26 bits per heavy atom. The zero-order valence-corrected chi connectivity index (χ0v) is 24.0. The second-order valence-corrected chi connectivity index (χ2v) is 11.1. The Morgan fingerprint density at radius 1 is 1.10 bits per heavy atom. The molecule has 9 heteroatoms. The molecule has 3 N–H and O–H groups in total. The van der Waals surface area contributed by atoms with Crippen molar-refractivity contribution in [3.05, 3.63) is 70.1 Å². The van der Waals surface area contributed by atoms with Gasteiger partial charge in [-0.1, -0.05) is 43.7 Å². The van der Waals surface area contributed by atoms with Crippen molar-refractivity contribution in [3.8, 4) is 0 Å². The SMILES string of the molecule is COC(=O)C1=C(c2ccc(C)cc2)C(CNC(=O)OC(C)(C)C)=C(CC(C)C)N(c2ccc(C(N)=O)o2)C1C. The van der Waals surface area contributed by atoms with E-state index in [1.807, 2.05) is 43.0 Å². The van der Waals surface area contributed by atoms with Crippen LogP contribution >= 0.6 is 0 Å². The van der Waals surface area contributed by atoms with Gasteiger partial charge in [0.05, 0.1) is 18.7 Å².